The normalized spacial score (nSPS) is 11.5. The lowest BCUT2D eigenvalue weighted by Gasteiger charge is -2.17. The van der Waals surface area contributed by atoms with Crippen molar-refractivity contribution in [1.82, 2.24) is 9.66 Å². The molecule has 4 aromatic carbocycles. The van der Waals surface area contributed by atoms with Gasteiger partial charge in [0, 0.05) is 20.6 Å². The van der Waals surface area contributed by atoms with Crippen molar-refractivity contribution < 1.29 is 14.2 Å². The van der Waals surface area contributed by atoms with Crippen LogP contribution in [0.3, 0.4) is 0 Å². The maximum absolute atomic E-state index is 13.9. The van der Waals surface area contributed by atoms with E-state index < -0.39 is 0 Å². The molecule has 0 aliphatic carbocycles. The zero-order valence-corrected chi connectivity index (χ0v) is 27.6. The zero-order chi connectivity index (χ0) is 31.4. The fourth-order valence-corrected chi connectivity index (χ4v) is 5.42. The lowest BCUT2D eigenvalue weighted by Crippen LogP contribution is -2.21. The SMILES string of the molecule is CCOc1cc(C=Nn2c(-c3cc(C(C)C)c(OC)cc3C)nc3ccccc3c2=O)c(Br)cc1OCc1ccc(Cl)cc1. The second-order valence-corrected chi connectivity index (χ2v) is 11.8. The van der Waals surface area contributed by atoms with Gasteiger partial charge in [-0.1, -0.05) is 49.7 Å². The number of halogens is 2. The number of hydrogen-bond donors (Lipinski definition) is 0. The molecule has 0 fully saturated rings. The van der Waals surface area contributed by atoms with E-state index in [1.54, 1.807) is 19.4 Å². The van der Waals surface area contributed by atoms with Crippen molar-refractivity contribution in [3.63, 3.8) is 0 Å². The lowest BCUT2D eigenvalue weighted by atomic mass is 9.96. The molecule has 5 aromatic rings. The Morgan fingerprint density at radius 2 is 1.73 bits per heavy atom. The lowest BCUT2D eigenvalue weighted by molar-refractivity contribution is 0.269. The molecular weight excluding hydrogens is 642 g/mol. The molecule has 0 unspecified atom stereocenters. The quantitative estimate of drug-likeness (QED) is 0.139. The first-order chi connectivity index (χ1) is 21.2. The second kappa shape index (κ2) is 13.7. The van der Waals surface area contributed by atoms with Gasteiger partial charge in [-0.05, 0) is 101 Å². The van der Waals surface area contributed by atoms with E-state index in [4.69, 9.17) is 35.9 Å². The molecule has 0 radical (unpaired) electrons. The molecule has 44 heavy (non-hydrogen) atoms. The molecule has 7 nitrogen and oxygen atoms in total. The Bertz CT molecular complexity index is 1900. The minimum absolute atomic E-state index is 0.196. The fourth-order valence-electron chi connectivity index (χ4n) is 4.86. The van der Waals surface area contributed by atoms with E-state index in [1.807, 2.05) is 80.6 Å². The maximum atomic E-state index is 13.9. The van der Waals surface area contributed by atoms with Gasteiger partial charge in [0.05, 0.1) is 30.8 Å². The van der Waals surface area contributed by atoms with Crippen LogP contribution in [-0.4, -0.2) is 29.6 Å². The summed E-state index contributed by atoms with van der Waals surface area (Å²) in [6.45, 7) is 8.89. The average molecular weight is 675 g/mol. The van der Waals surface area contributed by atoms with E-state index in [2.05, 4.69) is 29.8 Å². The molecule has 0 amide bonds. The third kappa shape index (κ3) is 6.66. The first-order valence-corrected chi connectivity index (χ1v) is 15.5. The van der Waals surface area contributed by atoms with Gasteiger partial charge in [-0.25, -0.2) is 4.98 Å². The summed E-state index contributed by atoms with van der Waals surface area (Å²) in [4.78, 5) is 18.8. The van der Waals surface area contributed by atoms with E-state index in [0.717, 1.165) is 32.5 Å². The van der Waals surface area contributed by atoms with Crippen LogP contribution in [0.15, 0.2) is 87.2 Å². The summed E-state index contributed by atoms with van der Waals surface area (Å²) in [5.41, 5.74) is 4.74. The molecule has 226 valence electrons. The smallest absolute Gasteiger partial charge is 0.282 e. The highest BCUT2D eigenvalue weighted by molar-refractivity contribution is 9.10. The number of ether oxygens (including phenoxy) is 3. The topological polar surface area (TPSA) is 74.9 Å². The first kappa shape index (κ1) is 31.3. The standard InChI is InChI=1S/C35H33BrClN3O4/c1-6-43-32-16-24(29(36)18-33(32)44-20-23-11-13-25(37)14-12-23)19-38-40-34(39-30-10-8-7-9-26(30)35(40)41)28-17-27(21(2)3)31(42-5)15-22(28)4/h7-19,21H,6,20H2,1-5H3. The van der Waals surface area contributed by atoms with Crippen LogP contribution in [0.5, 0.6) is 17.2 Å². The third-order valence-corrected chi connectivity index (χ3v) is 8.11. The van der Waals surface area contributed by atoms with Crippen LogP contribution >= 0.6 is 27.5 Å². The monoisotopic (exact) mass is 673 g/mol. The number of fused-ring (bicyclic) bond motifs is 1. The van der Waals surface area contributed by atoms with Crippen LogP contribution < -0.4 is 19.8 Å². The molecule has 0 aliphatic heterocycles. The van der Waals surface area contributed by atoms with E-state index >= 15 is 0 Å². The summed E-state index contributed by atoms with van der Waals surface area (Å²) < 4.78 is 19.8. The van der Waals surface area contributed by atoms with Crippen molar-refractivity contribution in [2.24, 2.45) is 5.10 Å². The Balaban J connectivity index is 1.59. The highest BCUT2D eigenvalue weighted by atomic mass is 79.9. The predicted octanol–water partition coefficient (Wildman–Crippen LogP) is 8.78. The molecule has 0 saturated carbocycles. The summed E-state index contributed by atoms with van der Waals surface area (Å²) in [6, 6.07) is 22.5. The molecule has 1 heterocycles. The van der Waals surface area contributed by atoms with Gasteiger partial charge in [-0.3, -0.25) is 4.79 Å². The van der Waals surface area contributed by atoms with Crippen molar-refractivity contribution in [2.75, 3.05) is 13.7 Å². The molecule has 0 spiro atoms. The van der Waals surface area contributed by atoms with Crippen LogP contribution in [0.2, 0.25) is 5.02 Å². The van der Waals surface area contributed by atoms with Crippen LogP contribution in [0.1, 0.15) is 48.9 Å². The molecule has 5 rings (SSSR count). The van der Waals surface area contributed by atoms with E-state index in [9.17, 15) is 4.79 Å². The van der Waals surface area contributed by atoms with Gasteiger partial charge in [-0.15, -0.1) is 0 Å². The minimum Gasteiger partial charge on any atom is -0.496 e. The first-order valence-electron chi connectivity index (χ1n) is 14.3. The van der Waals surface area contributed by atoms with E-state index in [1.165, 1.54) is 4.68 Å². The average Bonchev–Trinajstić information content (AvgIpc) is 3.01. The largest absolute Gasteiger partial charge is 0.496 e. The van der Waals surface area contributed by atoms with Crippen LogP contribution in [0.4, 0.5) is 0 Å². The number of methoxy groups -OCH3 is 1. The molecule has 0 atom stereocenters. The number of benzene rings is 4. The second-order valence-electron chi connectivity index (χ2n) is 10.5. The van der Waals surface area contributed by atoms with Crippen molar-refractivity contribution in [1.29, 1.82) is 0 Å². The summed E-state index contributed by atoms with van der Waals surface area (Å²) >= 11 is 9.68. The molecule has 0 aliphatic rings. The zero-order valence-electron chi connectivity index (χ0n) is 25.2. The number of rotatable bonds is 10. The highest BCUT2D eigenvalue weighted by Crippen LogP contribution is 2.35. The van der Waals surface area contributed by atoms with Gasteiger partial charge in [-0.2, -0.15) is 9.78 Å². The molecule has 9 heteroatoms. The number of aryl methyl sites for hydroxylation is 1. The highest BCUT2D eigenvalue weighted by Gasteiger charge is 2.19. The fraction of sp³-hybridized carbons (Fsp3) is 0.229. The maximum Gasteiger partial charge on any atom is 0.282 e. The van der Waals surface area contributed by atoms with E-state index in [0.29, 0.717) is 52.0 Å². The third-order valence-electron chi connectivity index (χ3n) is 7.18. The van der Waals surface area contributed by atoms with Crippen molar-refractivity contribution in [3.8, 4) is 28.6 Å². The summed E-state index contributed by atoms with van der Waals surface area (Å²) in [5.74, 6) is 2.57. The van der Waals surface area contributed by atoms with Crippen LogP contribution in [-0.2, 0) is 6.61 Å². The molecule has 0 bridgehead atoms. The molecule has 0 N–H and O–H groups in total. The van der Waals surface area contributed by atoms with Crippen LogP contribution in [0, 0.1) is 6.92 Å². The Hall–Kier alpha value is -4.14. The van der Waals surface area contributed by atoms with Gasteiger partial charge >= 0.3 is 0 Å². The Kier molecular flexibility index (Phi) is 9.71. The minimum atomic E-state index is -0.271. The van der Waals surface area contributed by atoms with Gasteiger partial charge < -0.3 is 14.2 Å². The number of aromatic nitrogens is 2. The predicted molar refractivity (Wildman–Crippen MR) is 181 cm³/mol. The van der Waals surface area contributed by atoms with Crippen molar-refractivity contribution in [2.45, 2.75) is 40.2 Å². The van der Waals surface area contributed by atoms with Crippen LogP contribution in [0.25, 0.3) is 22.3 Å². The summed E-state index contributed by atoms with van der Waals surface area (Å²) in [6.07, 6.45) is 1.62. The van der Waals surface area contributed by atoms with E-state index in [-0.39, 0.29) is 11.5 Å². The number of para-hydroxylation sites is 1. The van der Waals surface area contributed by atoms with Crippen molar-refractivity contribution >= 4 is 44.6 Å². The summed E-state index contributed by atoms with van der Waals surface area (Å²) in [5, 5.41) is 5.84. The Labute approximate surface area is 270 Å². The Morgan fingerprint density at radius 3 is 2.43 bits per heavy atom. The number of nitrogens with zero attached hydrogens (tertiary/aromatic N) is 3. The molecule has 1 aromatic heterocycles. The Morgan fingerprint density at radius 1 is 1.00 bits per heavy atom. The van der Waals surface area contributed by atoms with Gasteiger partial charge in [0.25, 0.3) is 5.56 Å². The summed E-state index contributed by atoms with van der Waals surface area (Å²) in [7, 11) is 1.66. The van der Waals surface area contributed by atoms with Gasteiger partial charge in [0.2, 0.25) is 0 Å². The molecule has 0 saturated heterocycles. The molecular formula is C35H33BrClN3O4. The van der Waals surface area contributed by atoms with Gasteiger partial charge in [0.1, 0.15) is 12.4 Å². The van der Waals surface area contributed by atoms with Crippen molar-refractivity contribution in [3.05, 3.63) is 115 Å². The number of hydrogen-bond acceptors (Lipinski definition) is 6. The van der Waals surface area contributed by atoms with Gasteiger partial charge in [0.15, 0.2) is 17.3 Å².